The number of rotatable bonds is 8. The molecular formula is C21H26N2O4. The van der Waals surface area contributed by atoms with Crippen LogP contribution in [-0.4, -0.2) is 50.3 Å². The van der Waals surface area contributed by atoms with Crippen molar-refractivity contribution in [2.75, 3.05) is 33.4 Å². The SMILES string of the molecule is COc1ccc(C(=O)N2CCC(Oc3ccccc3)C2)cc1OCCCN. The fourth-order valence-electron chi connectivity index (χ4n) is 3.07. The minimum atomic E-state index is -0.0273. The number of amides is 1. The molecule has 2 aromatic carbocycles. The molecule has 0 saturated carbocycles. The molecule has 1 amide bonds. The van der Waals surface area contributed by atoms with E-state index in [1.165, 1.54) is 0 Å². The third-order valence-electron chi connectivity index (χ3n) is 4.49. The van der Waals surface area contributed by atoms with Crippen molar-refractivity contribution < 1.29 is 19.0 Å². The van der Waals surface area contributed by atoms with Crippen molar-refractivity contribution in [3.63, 3.8) is 0 Å². The number of nitrogens with zero attached hydrogens (tertiary/aromatic N) is 1. The Balaban J connectivity index is 1.64. The smallest absolute Gasteiger partial charge is 0.254 e. The van der Waals surface area contributed by atoms with Gasteiger partial charge in [0.1, 0.15) is 11.9 Å². The first-order valence-corrected chi connectivity index (χ1v) is 9.23. The summed E-state index contributed by atoms with van der Waals surface area (Å²) < 4.78 is 17.0. The molecule has 3 rings (SSSR count). The van der Waals surface area contributed by atoms with Crippen LogP contribution in [0.25, 0.3) is 0 Å². The molecule has 0 spiro atoms. The van der Waals surface area contributed by atoms with E-state index < -0.39 is 0 Å². The first kappa shape index (κ1) is 19.0. The Kier molecular flexibility index (Phi) is 6.54. The normalized spacial score (nSPS) is 16.2. The van der Waals surface area contributed by atoms with Crippen LogP contribution in [0.15, 0.2) is 48.5 Å². The summed E-state index contributed by atoms with van der Waals surface area (Å²) in [6, 6.07) is 15.0. The Morgan fingerprint density at radius 1 is 1.19 bits per heavy atom. The summed E-state index contributed by atoms with van der Waals surface area (Å²) >= 11 is 0. The molecule has 1 heterocycles. The highest BCUT2D eigenvalue weighted by molar-refractivity contribution is 5.95. The van der Waals surface area contributed by atoms with Crippen LogP contribution in [0.4, 0.5) is 0 Å². The van der Waals surface area contributed by atoms with E-state index in [1.807, 2.05) is 35.2 Å². The van der Waals surface area contributed by atoms with Gasteiger partial charge in [-0.2, -0.15) is 0 Å². The monoisotopic (exact) mass is 370 g/mol. The molecule has 2 aromatic rings. The van der Waals surface area contributed by atoms with Crippen LogP contribution in [-0.2, 0) is 0 Å². The number of hydrogen-bond acceptors (Lipinski definition) is 5. The van der Waals surface area contributed by atoms with Gasteiger partial charge in [-0.15, -0.1) is 0 Å². The minimum absolute atomic E-state index is 0.00914. The van der Waals surface area contributed by atoms with Crippen molar-refractivity contribution in [2.24, 2.45) is 5.73 Å². The minimum Gasteiger partial charge on any atom is -0.493 e. The van der Waals surface area contributed by atoms with Crippen molar-refractivity contribution >= 4 is 5.91 Å². The fraction of sp³-hybridized carbons (Fsp3) is 0.381. The molecular weight excluding hydrogens is 344 g/mol. The van der Waals surface area contributed by atoms with Crippen LogP contribution in [0.2, 0.25) is 0 Å². The van der Waals surface area contributed by atoms with E-state index in [4.69, 9.17) is 19.9 Å². The zero-order valence-electron chi connectivity index (χ0n) is 15.6. The summed E-state index contributed by atoms with van der Waals surface area (Å²) in [4.78, 5) is 14.7. The lowest BCUT2D eigenvalue weighted by Crippen LogP contribution is -2.31. The van der Waals surface area contributed by atoms with Crippen molar-refractivity contribution in [1.82, 2.24) is 4.90 Å². The summed E-state index contributed by atoms with van der Waals surface area (Å²) in [7, 11) is 1.58. The van der Waals surface area contributed by atoms with Gasteiger partial charge in [0, 0.05) is 18.5 Å². The van der Waals surface area contributed by atoms with E-state index in [1.54, 1.807) is 25.3 Å². The van der Waals surface area contributed by atoms with Crippen LogP contribution in [0.3, 0.4) is 0 Å². The average molecular weight is 370 g/mol. The van der Waals surface area contributed by atoms with Crippen LogP contribution < -0.4 is 19.9 Å². The fourth-order valence-corrected chi connectivity index (χ4v) is 3.07. The third kappa shape index (κ3) is 4.92. The highest BCUT2D eigenvalue weighted by Gasteiger charge is 2.28. The van der Waals surface area contributed by atoms with Crippen molar-refractivity contribution in [3.8, 4) is 17.2 Å². The quantitative estimate of drug-likeness (QED) is 0.723. The van der Waals surface area contributed by atoms with Gasteiger partial charge in [0.15, 0.2) is 11.5 Å². The Morgan fingerprint density at radius 2 is 2.00 bits per heavy atom. The zero-order chi connectivity index (χ0) is 19.1. The van der Waals surface area contributed by atoms with E-state index in [-0.39, 0.29) is 12.0 Å². The van der Waals surface area contributed by atoms with Gasteiger partial charge in [-0.3, -0.25) is 4.79 Å². The third-order valence-corrected chi connectivity index (χ3v) is 4.49. The number of nitrogens with two attached hydrogens (primary N) is 1. The van der Waals surface area contributed by atoms with Gasteiger partial charge >= 0.3 is 0 Å². The molecule has 6 nitrogen and oxygen atoms in total. The maximum atomic E-state index is 12.9. The number of methoxy groups -OCH3 is 1. The first-order chi connectivity index (χ1) is 13.2. The van der Waals surface area contributed by atoms with Crippen molar-refractivity contribution in [2.45, 2.75) is 18.9 Å². The van der Waals surface area contributed by atoms with Gasteiger partial charge in [-0.1, -0.05) is 18.2 Å². The average Bonchev–Trinajstić information content (AvgIpc) is 3.16. The standard InChI is InChI=1S/C21H26N2O4/c1-25-19-9-8-16(14-20(19)26-13-5-11-22)21(24)23-12-10-18(15-23)27-17-6-3-2-4-7-17/h2-4,6-9,14,18H,5,10-13,15,22H2,1H3. The summed E-state index contributed by atoms with van der Waals surface area (Å²) in [6.45, 7) is 2.29. The molecule has 0 bridgehead atoms. The Labute approximate surface area is 159 Å². The molecule has 1 saturated heterocycles. The zero-order valence-corrected chi connectivity index (χ0v) is 15.6. The lowest BCUT2D eigenvalue weighted by Gasteiger charge is -2.18. The topological polar surface area (TPSA) is 74.0 Å². The van der Waals surface area contributed by atoms with Crippen LogP contribution in [0.1, 0.15) is 23.2 Å². The number of likely N-dealkylation sites (tertiary alicyclic amines) is 1. The van der Waals surface area contributed by atoms with E-state index in [9.17, 15) is 4.79 Å². The highest BCUT2D eigenvalue weighted by Crippen LogP contribution is 2.29. The lowest BCUT2D eigenvalue weighted by atomic mass is 10.1. The largest absolute Gasteiger partial charge is 0.493 e. The number of benzene rings is 2. The van der Waals surface area contributed by atoms with Crippen molar-refractivity contribution in [3.05, 3.63) is 54.1 Å². The number of ether oxygens (including phenoxy) is 3. The maximum Gasteiger partial charge on any atom is 0.254 e. The molecule has 1 fully saturated rings. The van der Waals surface area contributed by atoms with E-state index in [0.29, 0.717) is 43.3 Å². The number of para-hydroxylation sites is 1. The second kappa shape index (κ2) is 9.28. The summed E-state index contributed by atoms with van der Waals surface area (Å²) in [5.74, 6) is 1.97. The van der Waals surface area contributed by atoms with E-state index in [2.05, 4.69) is 0 Å². The summed E-state index contributed by atoms with van der Waals surface area (Å²) in [5.41, 5.74) is 6.09. The molecule has 27 heavy (non-hydrogen) atoms. The van der Waals surface area contributed by atoms with Crippen molar-refractivity contribution in [1.29, 1.82) is 0 Å². The molecule has 1 aliphatic heterocycles. The second-order valence-corrected chi connectivity index (χ2v) is 6.45. The predicted molar refractivity (Wildman–Crippen MR) is 104 cm³/mol. The second-order valence-electron chi connectivity index (χ2n) is 6.45. The van der Waals surface area contributed by atoms with Crippen LogP contribution >= 0.6 is 0 Å². The Hall–Kier alpha value is -2.73. The molecule has 1 atom stereocenters. The van der Waals surface area contributed by atoms with Gasteiger partial charge in [-0.25, -0.2) is 0 Å². The molecule has 2 N–H and O–H groups in total. The number of carbonyl (C=O) groups is 1. The molecule has 0 radical (unpaired) electrons. The Morgan fingerprint density at radius 3 is 2.74 bits per heavy atom. The maximum absolute atomic E-state index is 12.9. The lowest BCUT2D eigenvalue weighted by molar-refractivity contribution is 0.0772. The van der Waals surface area contributed by atoms with Crippen LogP contribution in [0.5, 0.6) is 17.2 Å². The number of hydrogen-bond donors (Lipinski definition) is 1. The molecule has 0 aliphatic carbocycles. The molecule has 144 valence electrons. The van der Waals surface area contributed by atoms with E-state index in [0.717, 1.165) is 18.6 Å². The van der Waals surface area contributed by atoms with Gasteiger partial charge in [-0.05, 0) is 43.3 Å². The first-order valence-electron chi connectivity index (χ1n) is 9.23. The molecule has 1 aliphatic rings. The van der Waals surface area contributed by atoms with Gasteiger partial charge in [0.05, 0.1) is 20.3 Å². The Bertz CT molecular complexity index is 751. The molecule has 1 unspecified atom stereocenters. The van der Waals surface area contributed by atoms with Crippen LogP contribution in [0, 0.1) is 0 Å². The number of carbonyl (C=O) groups excluding carboxylic acids is 1. The highest BCUT2D eigenvalue weighted by atomic mass is 16.5. The predicted octanol–water partition coefficient (Wildman–Crippen LogP) is 2.72. The van der Waals surface area contributed by atoms with Gasteiger partial charge < -0.3 is 24.8 Å². The van der Waals surface area contributed by atoms with Gasteiger partial charge in [0.2, 0.25) is 0 Å². The summed E-state index contributed by atoms with van der Waals surface area (Å²) in [6.07, 6.45) is 1.57. The summed E-state index contributed by atoms with van der Waals surface area (Å²) in [5, 5.41) is 0. The molecule has 6 heteroatoms. The molecule has 0 aromatic heterocycles. The van der Waals surface area contributed by atoms with E-state index >= 15 is 0 Å². The van der Waals surface area contributed by atoms with Gasteiger partial charge in [0.25, 0.3) is 5.91 Å².